The summed E-state index contributed by atoms with van der Waals surface area (Å²) < 4.78 is 15.0. The highest BCUT2D eigenvalue weighted by atomic mass is 79.9. The minimum atomic E-state index is -0.646. The van der Waals surface area contributed by atoms with Crippen LogP contribution in [0.25, 0.3) is 10.9 Å². The van der Waals surface area contributed by atoms with Gasteiger partial charge in [-0.3, -0.25) is 9.36 Å². The Balaban J connectivity index is 3.06. The molecule has 0 amide bonds. The lowest BCUT2D eigenvalue weighted by atomic mass is 10.2. The van der Waals surface area contributed by atoms with Gasteiger partial charge in [0.2, 0.25) is 0 Å². The van der Waals surface area contributed by atoms with Crippen LogP contribution in [0.15, 0.2) is 26.2 Å². The molecular formula is C10H8BrFN2O2. The third-order valence-corrected chi connectivity index (χ3v) is 2.77. The highest BCUT2D eigenvalue weighted by Gasteiger charge is 2.11. The quantitative estimate of drug-likeness (QED) is 0.866. The van der Waals surface area contributed by atoms with Crippen LogP contribution in [0.2, 0.25) is 0 Å². The SMILES string of the molecule is CCn1c(=O)[nH]c2cc(Br)cc(F)c2c1=O. The van der Waals surface area contributed by atoms with Gasteiger partial charge >= 0.3 is 5.69 Å². The summed E-state index contributed by atoms with van der Waals surface area (Å²) >= 11 is 3.10. The van der Waals surface area contributed by atoms with Gasteiger partial charge in [0.1, 0.15) is 5.82 Å². The summed E-state index contributed by atoms with van der Waals surface area (Å²) in [6.45, 7) is 1.86. The zero-order valence-corrected chi connectivity index (χ0v) is 9.97. The number of hydrogen-bond donors (Lipinski definition) is 1. The Morgan fingerprint density at radius 2 is 2.12 bits per heavy atom. The van der Waals surface area contributed by atoms with E-state index in [4.69, 9.17) is 0 Å². The standard InChI is InChI=1S/C10H8BrFN2O2/c1-2-14-9(15)8-6(12)3-5(11)4-7(8)13-10(14)16/h3-4H,2H2,1H3,(H,13,16). The lowest BCUT2D eigenvalue weighted by Gasteiger charge is -2.04. The van der Waals surface area contributed by atoms with Crippen LogP contribution in [0.4, 0.5) is 4.39 Å². The number of aromatic amines is 1. The molecule has 1 N–H and O–H groups in total. The van der Waals surface area contributed by atoms with E-state index in [0.29, 0.717) is 4.47 Å². The topological polar surface area (TPSA) is 54.9 Å². The Morgan fingerprint density at radius 1 is 1.44 bits per heavy atom. The first-order valence-electron chi connectivity index (χ1n) is 4.66. The van der Waals surface area contributed by atoms with Crippen LogP contribution in [0, 0.1) is 5.82 Å². The Morgan fingerprint density at radius 3 is 2.75 bits per heavy atom. The molecule has 2 rings (SSSR count). The zero-order chi connectivity index (χ0) is 11.9. The number of nitrogens with zero attached hydrogens (tertiary/aromatic N) is 1. The molecule has 0 radical (unpaired) electrons. The van der Waals surface area contributed by atoms with Gasteiger partial charge in [-0.15, -0.1) is 0 Å². The van der Waals surface area contributed by atoms with Gasteiger partial charge < -0.3 is 4.98 Å². The average molecular weight is 287 g/mol. The molecule has 0 bridgehead atoms. The highest BCUT2D eigenvalue weighted by Crippen LogP contribution is 2.18. The third-order valence-electron chi connectivity index (χ3n) is 2.32. The van der Waals surface area contributed by atoms with Crippen LogP contribution < -0.4 is 11.2 Å². The number of rotatable bonds is 1. The largest absolute Gasteiger partial charge is 0.328 e. The number of fused-ring (bicyclic) bond motifs is 1. The first kappa shape index (κ1) is 11.1. The minimum Gasteiger partial charge on any atom is -0.306 e. The molecule has 0 aliphatic carbocycles. The zero-order valence-electron chi connectivity index (χ0n) is 8.38. The summed E-state index contributed by atoms with van der Waals surface area (Å²) in [4.78, 5) is 25.7. The monoisotopic (exact) mass is 286 g/mol. The van der Waals surface area contributed by atoms with Crippen LogP contribution in [-0.4, -0.2) is 9.55 Å². The molecule has 1 aromatic heterocycles. The molecule has 0 spiro atoms. The average Bonchev–Trinajstić information content (AvgIpc) is 2.15. The highest BCUT2D eigenvalue weighted by molar-refractivity contribution is 9.10. The maximum absolute atomic E-state index is 13.6. The van der Waals surface area contributed by atoms with Crippen molar-refractivity contribution in [1.82, 2.24) is 9.55 Å². The van der Waals surface area contributed by atoms with E-state index in [9.17, 15) is 14.0 Å². The fourth-order valence-corrected chi connectivity index (χ4v) is 2.02. The second-order valence-electron chi connectivity index (χ2n) is 3.29. The fraction of sp³-hybridized carbons (Fsp3) is 0.200. The van der Waals surface area contributed by atoms with Gasteiger partial charge in [-0.05, 0) is 19.1 Å². The fourth-order valence-electron chi connectivity index (χ4n) is 1.59. The molecule has 16 heavy (non-hydrogen) atoms. The van der Waals surface area contributed by atoms with Crippen molar-refractivity contribution in [3.63, 3.8) is 0 Å². The van der Waals surface area contributed by atoms with E-state index in [0.717, 1.165) is 4.57 Å². The Hall–Kier alpha value is -1.43. The molecule has 0 atom stereocenters. The van der Waals surface area contributed by atoms with Crippen LogP contribution in [0.3, 0.4) is 0 Å². The van der Waals surface area contributed by atoms with E-state index >= 15 is 0 Å². The van der Waals surface area contributed by atoms with Crippen molar-refractivity contribution in [3.8, 4) is 0 Å². The normalized spacial score (nSPS) is 10.9. The maximum atomic E-state index is 13.6. The molecule has 0 unspecified atom stereocenters. The predicted molar refractivity (Wildman–Crippen MR) is 62.2 cm³/mol. The molecular weight excluding hydrogens is 279 g/mol. The molecule has 0 aliphatic heterocycles. The molecule has 0 fully saturated rings. The van der Waals surface area contributed by atoms with Crippen LogP contribution >= 0.6 is 15.9 Å². The Bertz CT molecular complexity index is 675. The minimum absolute atomic E-state index is 0.0929. The smallest absolute Gasteiger partial charge is 0.306 e. The van der Waals surface area contributed by atoms with Crippen molar-refractivity contribution in [2.75, 3.05) is 0 Å². The molecule has 6 heteroatoms. The van der Waals surface area contributed by atoms with Crippen molar-refractivity contribution >= 4 is 26.8 Å². The molecule has 84 valence electrons. The van der Waals surface area contributed by atoms with E-state index in [1.165, 1.54) is 12.1 Å². The van der Waals surface area contributed by atoms with Crippen LogP contribution in [0.5, 0.6) is 0 Å². The van der Waals surface area contributed by atoms with E-state index in [-0.39, 0.29) is 17.4 Å². The van der Waals surface area contributed by atoms with E-state index < -0.39 is 17.1 Å². The summed E-state index contributed by atoms with van der Waals surface area (Å²) in [7, 11) is 0. The number of hydrogen-bond acceptors (Lipinski definition) is 2. The summed E-state index contributed by atoms with van der Waals surface area (Å²) in [5, 5.41) is -0.0929. The van der Waals surface area contributed by atoms with E-state index in [2.05, 4.69) is 20.9 Å². The second-order valence-corrected chi connectivity index (χ2v) is 4.21. The first-order valence-corrected chi connectivity index (χ1v) is 5.45. The van der Waals surface area contributed by atoms with Crippen LogP contribution in [-0.2, 0) is 6.54 Å². The molecule has 1 aromatic carbocycles. The summed E-state index contributed by atoms with van der Waals surface area (Å²) in [5.41, 5.74) is -0.935. The molecule has 0 saturated carbocycles. The lowest BCUT2D eigenvalue weighted by molar-refractivity contribution is 0.628. The summed E-state index contributed by atoms with van der Waals surface area (Å²) in [6.07, 6.45) is 0. The number of nitrogens with one attached hydrogen (secondary N) is 1. The van der Waals surface area contributed by atoms with Crippen molar-refractivity contribution in [1.29, 1.82) is 0 Å². The van der Waals surface area contributed by atoms with Gasteiger partial charge in [0, 0.05) is 11.0 Å². The van der Waals surface area contributed by atoms with Crippen molar-refractivity contribution in [3.05, 3.63) is 43.3 Å². The van der Waals surface area contributed by atoms with Crippen molar-refractivity contribution in [2.45, 2.75) is 13.5 Å². The molecule has 0 aliphatic rings. The van der Waals surface area contributed by atoms with E-state index in [1.54, 1.807) is 6.92 Å². The van der Waals surface area contributed by atoms with Crippen molar-refractivity contribution in [2.24, 2.45) is 0 Å². The second kappa shape index (κ2) is 3.86. The van der Waals surface area contributed by atoms with Gasteiger partial charge in [-0.2, -0.15) is 0 Å². The first-order chi connectivity index (χ1) is 7.54. The third kappa shape index (κ3) is 1.59. The van der Waals surface area contributed by atoms with Crippen LogP contribution in [0.1, 0.15) is 6.92 Å². The maximum Gasteiger partial charge on any atom is 0.328 e. The summed E-state index contributed by atoms with van der Waals surface area (Å²) in [5.74, 6) is -0.646. The number of aromatic nitrogens is 2. The predicted octanol–water partition coefficient (Wildman–Crippen LogP) is 1.61. The number of benzene rings is 1. The molecule has 0 saturated heterocycles. The molecule has 2 aromatic rings. The lowest BCUT2D eigenvalue weighted by Crippen LogP contribution is -2.34. The van der Waals surface area contributed by atoms with Gasteiger partial charge in [0.05, 0.1) is 10.9 Å². The summed E-state index contributed by atoms with van der Waals surface area (Å²) in [6, 6.07) is 2.70. The Labute approximate surface area is 97.8 Å². The van der Waals surface area contributed by atoms with Gasteiger partial charge in [-0.25, -0.2) is 9.18 Å². The van der Waals surface area contributed by atoms with Gasteiger partial charge in [-0.1, -0.05) is 15.9 Å². The van der Waals surface area contributed by atoms with Crippen molar-refractivity contribution < 1.29 is 4.39 Å². The molecule has 1 heterocycles. The van der Waals surface area contributed by atoms with E-state index in [1.807, 2.05) is 0 Å². The van der Waals surface area contributed by atoms with Gasteiger partial charge in [0.25, 0.3) is 5.56 Å². The van der Waals surface area contributed by atoms with Gasteiger partial charge in [0.15, 0.2) is 0 Å². The number of halogens is 2. The number of H-pyrrole nitrogens is 1. The Kier molecular flexibility index (Phi) is 2.67. The molecule has 4 nitrogen and oxygen atoms in total.